The van der Waals surface area contributed by atoms with Crippen LogP contribution in [0.2, 0.25) is 0 Å². The second-order valence-electron chi connectivity index (χ2n) is 3.10. The minimum Gasteiger partial charge on any atom is -0.811 e. The van der Waals surface area contributed by atoms with Gasteiger partial charge in [-0.25, -0.2) is 0 Å². The molecule has 0 aromatic carbocycles. The van der Waals surface area contributed by atoms with Crippen LogP contribution in [0, 0.1) is 0 Å². The molecule has 0 aromatic heterocycles. The molecule has 0 rings (SSSR count). The molecule has 0 aliphatic rings. The van der Waals surface area contributed by atoms with Crippen LogP contribution in [0.25, 0.3) is 0 Å². The van der Waals surface area contributed by atoms with E-state index in [4.69, 9.17) is 0 Å². The molecule has 0 aromatic rings. The maximum atomic E-state index is 10.2. The molecule has 0 fully saturated rings. The second kappa shape index (κ2) is 9.33. The Morgan fingerprint density at radius 2 is 1.46 bits per heavy atom. The Kier molecular flexibility index (Phi) is 11.6. The standard InChI is InChI=1S/C8H19O3P.Zn/c1-2-3-4-5-6-7-8-12(9,10)11;/h2-8H2,1H3,(H2,9,10,11);/q;+2/p-2. The van der Waals surface area contributed by atoms with Gasteiger partial charge in [-0.1, -0.05) is 46.6 Å². The molecule has 0 N–H and O–H groups in total. The summed E-state index contributed by atoms with van der Waals surface area (Å²) >= 11 is 0. The summed E-state index contributed by atoms with van der Waals surface area (Å²) < 4.78 is 10.2. The van der Waals surface area contributed by atoms with Crippen LogP contribution in [0.15, 0.2) is 0 Å². The Labute approximate surface area is 93.2 Å². The third kappa shape index (κ3) is 15.5. The average molecular weight is 258 g/mol. The first-order valence-electron chi connectivity index (χ1n) is 4.57. The summed E-state index contributed by atoms with van der Waals surface area (Å²) in [6.45, 7) is 2.13. The van der Waals surface area contributed by atoms with Crippen molar-refractivity contribution >= 4 is 7.60 Å². The van der Waals surface area contributed by atoms with Crippen molar-refractivity contribution in [1.82, 2.24) is 0 Å². The van der Waals surface area contributed by atoms with Gasteiger partial charge in [0.1, 0.15) is 0 Å². The van der Waals surface area contributed by atoms with E-state index in [1.54, 1.807) is 0 Å². The van der Waals surface area contributed by atoms with Crippen LogP contribution in [0.1, 0.15) is 45.4 Å². The van der Waals surface area contributed by atoms with Crippen molar-refractivity contribution in [2.75, 3.05) is 6.16 Å². The fourth-order valence-corrected chi connectivity index (χ4v) is 1.70. The molecular formula is C8H17O3PZn. The minimum atomic E-state index is -4.22. The number of unbranched alkanes of at least 4 members (excludes halogenated alkanes) is 5. The van der Waals surface area contributed by atoms with Gasteiger partial charge in [-0.3, -0.25) is 0 Å². The van der Waals surface area contributed by atoms with Gasteiger partial charge in [0.15, 0.2) is 0 Å². The molecule has 3 nitrogen and oxygen atoms in total. The van der Waals surface area contributed by atoms with Crippen molar-refractivity contribution in [3.05, 3.63) is 0 Å². The van der Waals surface area contributed by atoms with Gasteiger partial charge >= 0.3 is 19.5 Å². The monoisotopic (exact) mass is 256 g/mol. The molecular weight excluding hydrogens is 240 g/mol. The van der Waals surface area contributed by atoms with Gasteiger partial charge in [-0.05, 0) is 12.6 Å². The summed E-state index contributed by atoms with van der Waals surface area (Å²) in [6.07, 6.45) is 5.82. The molecule has 13 heavy (non-hydrogen) atoms. The van der Waals surface area contributed by atoms with Crippen LogP contribution < -0.4 is 9.79 Å². The zero-order chi connectivity index (χ0) is 9.45. The van der Waals surface area contributed by atoms with Gasteiger partial charge in [0.05, 0.1) is 0 Å². The molecule has 0 heterocycles. The van der Waals surface area contributed by atoms with Crippen molar-refractivity contribution in [1.29, 1.82) is 0 Å². The zero-order valence-corrected chi connectivity index (χ0v) is 12.2. The van der Waals surface area contributed by atoms with E-state index in [0.29, 0.717) is 6.42 Å². The van der Waals surface area contributed by atoms with E-state index < -0.39 is 7.60 Å². The summed E-state index contributed by atoms with van der Waals surface area (Å²) in [6, 6.07) is 0. The zero-order valence-electron chi connectivity index (χ0n) is 8.33. The topological polar surface area (TPSA) is 63.2 Å². The predicted octanol–water partition coefficient (Wildman–Crippen LogP) is 1.26. The summed E-state index contributed by atoms with van der Waals surface area (Å²) in [5.74, 6) is 0. The van der Waals surface area contributed by atoms with E-state index in [-0.39, 0.29) is 25.6 Å². The van der Waals surface area contributed by atoms with Crippen LogP contribution in [0.3, 0.4) is 0 Å². The van der Waals surface area contributed by atoms with E-state index in [1.165, 1.54) is 12.8 Å². The summed E-state index contributed by atoms with van der Waals surface area (Å²) in [5, 5.41) is 0. The molecule has 0 radical (unpaired) electrons. The van der Waals surface area contributed by atoms with Crippen molar-refractivity contribution in [2.45, 2.75) is 45.4 Å². The molecule has 0 aliphatic carbocycles. The van der Waals surface area contributed by atoms with E-state index in [9.17, 15) is 14.4 Å². The van der Waals surface area contributed by atoms with Gasteiger partial charge in [-0.2, -0.15) is 0 Å². The Morgan fingerprint density at radius 1 is 1.00 bits per heavy atom. The van der Waals surface area contributed by atoms with E-state index >= 15 is 0 Å². The molecule has 0 saturated carbocycles. The van der Waals surface area contributed by atoms with Crippen LogP contribution >= 0.6 is 7.60 Å². The summed E-state index contributed by atoms with van der Waals surface area (Å²) in [7, 11) is -4.22. The van der Waals surface area contributed by atoms with Crippen molar-refractivity contribution < 1.29 is 33.8 Å². The third-order valence-electron chi connectivity index (χ3n) is 1.79. The van der Waals surface area contributed by atoms with E-state index in [1.807, 2.05) is 0 Å². The number of hydrogen-bond acceptors (Lipinski definition) is 3. The van der Waals surface area contributed by atoms with Crippen molar-refractivity contribution in [3.8, 4) is 0 Å². The van der Waals surface area contributed by atoms with Crippen LogP contribution in [0.4, 0.5) is 0 Å². The Hall–Kier alpha value is 0.773. The maximum Gasteiger partial charge on any atom is 2.00 e. The fourth-order valence-electron chi connectivity index (χ4n) is 1.09. The van der Waals surface area contributed by atoms with Gasteiger partial charge in [0.2, 0.25) is 0 Å². The average Bonchev–Trinajstić information content (AvgIpc) is 1.94. The smallest absolute Gasteiger partial charge is 0.811 e. The molecule has 74 valence electrons. The van der Waals surface area contributed by atoms with Crippen LogP contribution in [0.5, 0.6) is 0 Å². The number of rotatable bonds is 7. The normalized spacial score (nSPS) is 11.0. The Morgan fingerprint density at radius 3 is 1.92 bits per heavy atom. The molecule has 0 spiro atoms. The molecule has 0 amide bonds. The Balaban J connectivity index is 0. The van der Waals surface area contributed by atoms with Crippen LogP contribution in [-0.4, -0.2) is 6.16 Å². The van der Waals surface area contributed by atoms with Gasteiger partial charge in [-0.15, -0.1) is 0 Å². The van der Waals surface area contributed by atoms with Gasteiger partial charge in [0.25, 0.3) is 0 Å². The van der Waals surface area contributed by atoms with Crippen molar-refractivity contribution in [3.63, 3.8) is 0 Å². The first-order chi connectivity index (χ1) is 5.56. The quantitative estimate of drug-likeness (QED) is 0.392. The molecule has 0 bridgehead atoms. The second-order valence-corrected chi connectivity index (χ2v) is 4.77. The maximum absolute atomic E-state index is 10.2. The minimum absolute atomic E-state index is 0. The molecule has 0 atom stereocenters. The molecule has 0 saturated heterocycles. The SMILES string of the molecule is CCCCCCCCP(=O)([O-])[O-].[Zn+2]. The summed E-state index contributed by atoms with van der Waals surface area (Å²) in [4.78, 5) is 20.4. The van der Waals surface area contributed by atoms with Crippen LogP contribution in [-0.2, 0) is 24.0 Å². The fraction of sp³-hybridized carbons (Fsp3) is 1.00. The first kappa shape index (κ1) is 16.2. The molecule has 5 heteroatoms. The number of hydrogen-bond donors (Lipinski definition) is 0. The summed E-state index contributed by atoms with van der Waals surface area (Å²) in [5.41, 5.74) is 0. The van der Waals surface area contributed by atoms with Gasteiger partial charge in [0, 0.05) is 0 Å². The predicted molar refractivity (Wildman–Crippen MR) is 45.8 cm³/mol. The van der Waals surface area contributed by atoms with E-state index in [0.717, 1.165) is 19.3 Å². The Bertz CT molecular complexity index is 146. The van der Waals surface area contributed by atoms with Gasteiger partial charge < -0.3 is 14.4 Å². The van der Waals surface area contributed by atoms with Crippen molar-refractivity contribution in [2.24, 2.45) is 0 Å². The molecule has 0 aliphatic heterocycles. The first-order valence-corrected chi connectivity index (χ1v) is 6.30. The largest absolute Gasteiger partial charge is 2.00 e. The third-order valence-corrected chi connectivity index (χ3v) is 2.65. The molecule has 0 unspecified atom stereocenters. The van der Waals surface area contributed by atoms with E-state index in [2.05, 4.69) is 6.92 Å².